The lowest BCUT2D eigenvalue weighted by molar-refractivity contribution is 0.420. The van der Waals surface area contributed by atoms with E-state index in [1.54, 1.807) is 11.8 Å². The minimum absolute atomic E-state index is 0.739. The van der Waals surface area contributed by atoms with Gasteiger partial charge in [-0.25, -0.2) is 0 Å². The van der Waals surface area contributed by atoms with Crippen LogP contribution in [0.3, 0.4) is 0 Å². The highest BCUT2D eigenvalue weighted by atomic mass is 32.1. The van der Waals surface area contributed by atoms with Crippen LogP contribution >= 0.6 is 12.6 Å². The summed E-state index contributed by atoms with van der Waals surface area (Å²) in [5.74, 6) is 0.739. The van der Waals surface area contributed by atoms with Gasteiger partial charge >= 0.3 is 0 Å². The Balaban J connectivity index is 0.000000563. The van der Waals surface area contributed by atoms with Crippen LogP contribution in [-0.2, 0) is 6.42 Å². The lowest BCUT2D eigenvalue weighted by atomic mass is 9.76. The molecule has 0 N–H and O–H groups in total. The fourth-order valence-corrected chi connectivity index (χ4v) is 4.91. The third-order valence-electron chi connectivity index (χ3n) is 6.60. The minimum Gasteiger partial charge on any atom is -0.183 e. The Labute approximate surface area is 220 Å². The van der Waals surface area contributed by atoms with Crippen LogP contribution in [0.2, 0.25) is 0 Å². The SMILES string of the molecule is CC.CCC.CCCc1ccc2c(ccc3c(-c4ccccc4C4CCC4)c(C)ccc32)c1.CS. The van der Waals surface area contributed by atoms with E-state index in [0.29, 0.717) is 0 Å². The summed E-state index contributed by atoms with van der Waals surface area (Å²) in [7, 11) is 0. The smallest absolute Gasteiger partial charge is 0.00730 e. The van der Waals surface area contributed by atoms with Crippen LogP contribution in [0.25, 0.3) is 32.7 Å². The molecule has 1 fully saturated rings. The van der Waals surface area contributed by atoms with Crippen molar-refractivity contribution in [3.8, 4) is 11.1 Å². The fraction of sp³-hybridized carbons (Fsp3) is 0.412. The molecule has 5 rings (SSSR count). The number of hydrogen-bond donors (Lipinski definition) is 1. The summed E-state index contributed by atoms with van der Waals surface area (Å²) < 4.78 is 0. The normalized spacial score (nSPS) is 12.5. The van der Waals surface area contributed by atoms with Crippen molar-refractivity contribution >= 4 is 34.2 Å². The number of hydrogen-bond acceptors (Lipinski definition) is 1. The van der Waals surface area contributed by atoms with Gasteiger partial charge in [0.15, 0.2) is 0 Å². The van der Waals surface area contributed by atoms with Crippen molar-refractivity contribution in [2.75, 3.05) is 6.26 Å². The second-order valence-electron chi connectivity index (χ2n) is 9.15. The Morgan fingerprint density at radius 2 is 1.40 bits per heavy atom. The molecule has 0 radical (unpaired) electrons. The van der Waals surface area contributed by atoms with Crippen molar-refractivity contribution in [3.63, 3.8) is 0 Å². The Kier molecular flexibility index (Phi) is 12.4. The van der Waals surface area contributed by atoms with Crippen LogP contribution in [0, 0.1) is 6.92 Å². The van der Waals surface area contributed by atoms with E-state index in [0.717, 1.165) is 12.3 Å². The molecular formula is C34H46S. The molecule has 35 heavy (non-hydrogen) atoms. The van der Waals surface area contributed by atoms with E-state index in [-0.39, 0.29) is 0 Å². The first-order chi connectivity index (χ1) is 17.2. The first-order valence-corrected chi connectivity index (χ1v) is 14.6. The average Bonchev–Trinajstić information content (AvgIpc) is 2.86. The third kappa shape index (κ3) is 6.70. The summed E-state index contributed by atoms with van der Waals surface area (Å²) in [6.07, 6.45) is 9.34. The van der Waals surface area contributed by atoms with Crippen LogP contribution in [0.4, 0.5) is 0 Å². The number of fused-ring (bicyclic) bond motifs is 3. The van der Waals surface area contributed by atoms with E-state index < -0.39 is 0 Å². The van der Waals surface area contributed by atoms with E-state index in [1.807, 2.05) is 13.8 Å². The maximum absolute atomic E-state index is 3.53. The van der Waals surface area contributed by atoms with Gasteiger partial charge < -0.3 is 0 Å². The first kappa shape index (κ1) is 29.0. The molecule has 0 atom stereocenters. The zero-order chi connectivity index (χ0) is 25.8. The monoisotopic (exact) mass is 486 g/mol. The molecule has 0 unspecified atom stereocenters. The summed E-state index contributed by atoms with van der Waals surface area (Å²) in [5.41, 5.74) is 7.23. The number of rotatable bonds is 4. The molecule has 0 bridgehead atoms. The van der Waals surface area contributed by atoms with E-state index >= 15 is 0 Å². The third-order valence-corrected chi connectivity index (χ3v) is 6.60. The lowest BCUT2D eigenvalue weighted by Gasteiger charge is -2.28. The molecule has 0 spiro atoms. The number of thiol groups is 1. The molecule has 0 nitrogen and oxygen atoms in total. The van der Waals surface area contributed by atoms with Gasteiger partial charge in [-0.1, -0.05) is 121 Å². The molecule has 0 aromatic heterocycles. The van der Waals surface area contributed by atoms with Crippen molar-refractivity contribution in [2.24, 2.45) is 0 Å². The van der Waals surface area contributed by atoms with Gasteiger partial charge in [0.1, 0.15) is 0 Å². The lowest BCUT2D eigenvalue weighted by Crippen LogP contribution is -2.10. The van der Waals surface area contributed by atoms with Crippen molar-refractivity contribution in [1.29, 1.82) is 0 Å². The highest BCUT2D eigenvalue weighted by molar-refractivity contribution is 7.79. The molecule has 1 aliphatic carbocycles. The highest BCUT2D eigenvalue weighted by Crippen LogP contribution is 2.44. The standard InChI is InChI=1S/C28H28.C3H8.C2H6.CH4S/c1-3-7-20-13-16-24-22(18-20)14-17-27-25(24)15-12-19(2)28(27)26-11-5-4-10-23(26)21-8-6-9-21;1-3-2;2*1-2/h4-5,10-18,21H,3,6-9H2,1-2H3;3H2,1-2H3;1-2H3;2H,1H3. The van der Waals surface area contributed by atoms with Gasteiger partial charge in [0.2, 0.25) is 0 Å². The van der Waals surface area contributed by atoms with Crippen LogP contribution in [-0.4, -0.2) is 6.26 Å². The van der Waals surface area contributed by atoms with Crippen molar-refractivity contribution < 1.29 is 0 Å². The zero-order valence-corrected chi connectivity index (χ0v) is 24.0. The number of benzene rings is 4. The van der Waals surface area contributed by atoms with Gasteiger partial charge in [-0.15, -0.1) is 0 Å². The summed E-state index contributed by atoms with van der Waals surface area (Å²) in [6.45, 7) is 12.8. The predicted molar refractivity (Wildman–Crippen MR) is 164 cm³/mol. The van der Waals surface area contributed by atoms with Crippen LogP contribution < -0.4 is 0 Å². The molecule has 4 aromatic carbocycles. The average molecular weight is 487 g/mol. The van der Waals surface area contributed by atoms with Gasteiger partial charge in [0.25, 0.3) is 0 Å². The summed E-state index contributed by atoms with van der Waals surface area (Å²) in [6, 6.07) is 25.4. The van der Waals surface area contributed by atoms with Crippen LogP contribution in [0.15, 0.2) is 66.7 Å². The van der Waals surface area contributed by atoms with Gasteiger partial charge in [-0.2, -0.15) is 12.6 Å². The maximum Gasteiger partial charge on any atom is -0.00730 e. The van der Waals surface area contributed by atoms with Gasteiger partial charge in [0, 0.05) is 0 Å². The highest BCUT2D eigenvalue weighted by Gasteiger charge is 2.23. The molecule has 1 aliphatic rings. The Morgan fingerprint density at radius 3 is 2.03 bits per heavy atom. The molecule has 1 saturated carbocycles. The summed E-state index contributed by atoms with van der Waals surface area (Å²) in [4.78, 5) is 0. The van der Waals surface area contributed by atoms with Gasteiger partial charge in [-0.05, 0) is 87.7 Å². The number of aryl methyl sites for hydroxylation is 2. The maximum atomic E-state index is 3.53. The van der Waals surface area contributed by atoms with Gasteiger partial charge in [-0.3, -0.25) is 0 Å². The molecule has 1 heteroatoms. The molecule has 0 heterocycles. The predicted octanol–water partition coefficient (Wildman–Crippen LogP) is 11.2. The molecule has 0 amide bonds. The molecule has 188 valence electrons. The quantitative estimate of drug-likeness (QED) is 0.215. The van der Waals surface area contributed by atoms with Crippen molar-refractivity contribution in [1.82, 2.24) is 0 Å². The topological polar surface area (TPSA) is 0 Å². The van der Waals surface area contributed by atoms with E-state index in [1.165, 1.54) is 75.9 Å². The zero-order valence-electron chi connectivity index (χ0n) is 23.1. The Bertz CT molecular complexity index is 1180. The first-order valence-electron chi connectivity index (χ1n) is 13.7. The Morgan fingerprint density at radius 1 is 0.771 bits per heavy atom. The fourth-order valence-electron chi connectivity index (χ4n) is 4.91. The Hall–Kier alpha value is -2.25. The molecule has 0 aliphatic heterocycles. The van der Waals surface area contributed by atoms with E-state index in [9.17, 15) is 0 Å². The van der Waals surface area contributed by atoms with Crippen LogP contribution in [0.5, 0.6) is 0 Å². The second-order valence-corrected chi connectivity index (χ2v) is 9.15. The van der Waals surface area contributed by atoms with Crippen LogP contribution in [0.1, 0.15) is 89.3 Å². The van der Waals surface area contributed by atoms with Crippen molar-refractivity contribution in [3.05, 3.63) is 83.4 Å². The van der Waals surface area contributed by atoms with E-state index in [2.05, 4.69) is 107 Å². The summed E-state index contributed by atoms with van der Waals surface area (Å²) in [5, 5.41) is 5.51. The second kappa shape index (κ2) is 15.0. The summed E-state index contributed by atoms with van der Waals surface area (Å²) >= 11 is 3.53. The van der Waals surface area contributed by atoms with Gasteiger partial charge in [0.05, 0.1) is 0 Å². The van der Waals surface area contributed by atoms with E-state index in [4.69, 9.17) is 0 Å². The minimum atomic E-state index is 0.739. The van der Waals surface area contributed by atoms with Crippen molar-refractivity contribution in [2.45, 2.75) is 86.0 Å². The molecular weight excluding hydrogens is 440 g/mol. The largest absolute Gasteiger partial charge is 0.183 e. The molecule has 4 aromatic rings. The molecule has 0 saturated heterocycles.